The van der Waals surface area contributed by atoms with Gasteiger partial charge < -0.3 is 28.4 Å². The standard InChI is InChI=1S/C16H24O6/c1-17-15-13(7-3-5-11(13)9-19-15)22-16(18-2)14(21-15)8-4-6-12(14)10-20-16/h11-12H,3-10H2,1-2H3/t11-,12+,13+,14-,15+,16-. The molecule has 0 aromatic heterocycles. The Morgan fingerprint density at radius 1 is 0.773 bits per heavy atom. The van der Waals surface area contributed by atoms with Crippen LogP contribution in [0.1, 0.15) is 38.5 Å². The molecular weight excluding hydrogens is 288 g/mol. The summed E-state index contributed by atoms with van der Waals surface area (Å²) in [6.07, 6.45) is 5.98. The second-order valence-electron chi connectivity index (χ2n) is 7.30. The van der Waals surface area contributed by atoms with E-state index in [4.69, 9.17) is 28.4 Å². The van der Waals surface area contributed by atoms with E-state index in [2.05, 4.69) is 0 Å². The molecule has 0 unspecified atom stereocenters. The van der Waals surface area contributed by atoms with Gasteiger partial charge in [0.05, 0.1) is 13.2 Å². The van der Waals surface area contributed by atoms with E-state index in [1.54, 1.807) is 14.2 Å². The van der Waals surface area contributed by atoms with E-state index < -0.39 is 23.1 Å². The Hall–Kier alpha value is -0.240. The largest absolute Gasteiger partial charge is 0.328 e. The predicted molar refractivity (Wildman–Crippen MR) is 73.7 cm³/mol. The topological polar surface area (TPSA) is 55.4 Å². The first kappa shape index (κ1) is 14.1. The third-order valence-corrected chi connectivity index (χ3v) is 6.68. The molecule has 0 amide bonds. The zero-order valence-corrected chi connectivity index (χ0v) is 13.3. The van der Waals surface area contributed by atoms with Crippen LogP contribution in [0.2, 0.25) is 0 Å². The van der Waals surface area contributed by atoms with Gasteiger partial charge in [-0.3, -0.25) is 0 Å². The Bertz CT molecular complexity index is 455. The van der Waals surface area contributed by atoms with Gasteiger partial charge in [0.2, 0.25) is 0 Å². The van der Waals surface area contributed by atoms with Crippen molar-refractivity contribution in [1.29, 1.82) is 0 Å². The summed E-state index contributed by atoms with van der Waals surface area (Å²) in [6, 6.07) is 0. The van der Waals surface area contributed by atoms with Gasteiger partial charge in [0.15, 0.2) is 11.2 Å². The summed E-state index contributed by atoms with van der Waals surface area (Å²) in [5.74, 6) is -1.71. The minimum Gasteiger partial charge on any atom is -0.328 e. The van der Waals surface area contributed by atoms with E-state index in [1.165, 1.54) is 0 Å². The molecule has 0 aromatic carbocycles. The van der Waals surface area contributed by atoms with E-state index in [1.807, 2.05) is 0 Å². The summed E-state index contributed by atoms with van der Waals surface area (Å²) in [7, 11) is 3.31. The Kier molecular flexibility index (Phi) is 2.72. The molecule has 5 rings (SSSR count). The van der Waals surface area contributed by atoms with Crippen LogP contribution in [0, 0.1) is 11.8 Å². The number of hydrogen-bond donors (Lipinski definition) is 0. The lowest BCUT2D eigenvalue weighted by Crippen LogP contribution is -2.75. The lowest BCUT2D eigenvalue weighted by atomic mass is 9.84. The van der Waals surface area contributed by atoms with E-state index >= 15 is 0 Å². The molecule has 2 aliphatic carbocycles. The van der Waals surface area contributed by atoms with Crippen molar-refractivity contribution in [2.24, 2.45) is 11.8 Å². The van der Waals surface area contributed by atoms with Gasteiger partial charge in [0.1, 0.15) is 0 Å². The fourth-order valence-corrected chi connectivity index (χ4v) is 5.66. The molecule has 3 aliphatic heterocycles. The van der Waals surface area contributed by atoms with Crippen LogP contribution >= 0.6 is 0 Å². The van der Waals surface area contributed by atoms with Gasteiger partial charge >= 0.3 is 11.9 Å². The van der Waals surface area contributed by atoms with Gasteiger partial charge in [-0.2, -0.15) is 0 Å². The molecule has 22 heavy (non-hydrogen) atoms. The fourth-order valence-electron chi connectivity index (χ4n) is 5.66. The molecule has 6 nitrogen and oxygen atoms in total. The van der Waals surface area contributed by atoms with E-state index in [-0.39, 0.29) is 11.8 Å². The molecule has 0 aromatic rings. The highest BCUT2D eigenvalue weighted by atomic mass is 17.0. The Balaban J connectivity index is 1.66. The number of methoxy groups -OCH3 is 2. The van der Waals surface area contributed by atoms with Gasteiger partial charge in [-0.05, 0) is 38.5 Å². The van der Waals surface area contributed by atoms with Gasteiger partial charge in [0, 0.05) is 26.1 Å². The van der Waals surface area contributed by atoms with Gasteiger partial charge in [-0.15, -0.1) is 0 Å². The van der Waals surface area contributed by atoms with Crippen molar-refractivity contribution in [1.82, 2.24) is 0 Å². The molecule has 0 radical (unpaired) electrons. The minimum absolute atomic E-state index is 0.265. The summed E-state index contributed by atoms with van der Waals surface area (Å²) in [5, 5.41) is 0. The normalized spacial score (nSPS) is 59.2. The van der Waals surface area contributed by atoms with Crippen LogP contribution in [-0.2, 0) is 28.4 Å². The maximum Gasteiger partial charge on any atom is 0.315 e. The molecule has 2 spiro atoms. The first-order chi connectivity index (χ1) is 10.7. The SMILES string of the molecule is CO[C@]12OC[C@H]3CCC[C@]31O[C@]1(OC)OC[C@@H]3CCC[C@@]31O2. The van der Waals surface area contributed by atoms with Crippen molar-refractivity contribution in [3.8, 4) is 0 Å². The minimum atomic E-state index is -1.12. The van der Waals surface area contributed by atoms with Crippen LogP contribution in [0.5, 0.6) is 0 Å². The molecule has 3 saturated heterocycles. The van der Waals surface area contributed by atoms with Crippen molar-refractivity contribution < 1.29 is 28.4 Å². The zero-order chi connectivity index (χ0) is 15.1. The van der Waals surface area contributed by atoms with Gasteiger partial charge in [-0.25, -0.2) is 0 Å². The molecule has 5 aliphatic rings. The van der Waals surface area contributed by atoms with Crippen LogP contribution in [0.4, 0.5) is 0 Å². The molecule has 2 saturated carbocycles. The average Bonchev–Trinajstić information content (AvgIpc) is 3.22. The second kappa shape index (κ2) is 4.23. The van der Waals surface area contributed by atoms with Crippen molar-refractivity contribution in [3.05, 3.63) is 0 Å². The van der Waals surface area contributed by atoms with Crippen molar-refractivity contribution in [3.63, 3.8) is 0 Å². The van der Waals surface area contributed by atoms with Crippen molar-refractivity contribution in [2.45, 2.75) is 61.7 Å². The maximum atomic E-state index is 6.66. The first-order valence-electron chi connectivity index (χ1n) is 8.44. The Morgan fingerprint density at radius 3 is 1.64 bits per heavy atom. The number of ether oxygens (including phenoxy) is 6. The van der Waals surface area contributed by atoms with Crippen LogP contribution in [0.3, 0.4) is 0 Å². The highest BCUT2D eigenvalue weighted by Crippen LogP contribution is 2.66. The van der Waals surface area contributed by atoms with Crippen molar-refractivity contribution >= 4 is 0 Å². The quantitative estimate of drug-likeness (QED) is 0.774. The van der Waals surface area contributed by atoms with Gasteiger partial charge in [0.25, 0.3) is 0 Å². The zero-order valence-electron chi connectivity index (χ0n) is 13.3. The third-order valence-electron chi connectivity index (χ3n) is 6.68. The molecule has 0 bridgehead atoms. The van der Waals surface area contributed by atoms with Gasteiger partial charge in [-0.1, -0.05) is 0 Å². The maximum absolute atomic E-state index is 6.66. The fraction of sp³-hybridized carbons (Fsp3) is 1.00. The predicted octanol–water partition coefficient (Wildman–Crippen LogP) is 1.77. The highest BCUT2D eigenvalue weighted by Gasteiger charge is 2.82. The summed E-state index contributed by atoms with van der Waals surface area (Å²) in [5.41, 5.74) is -1.25. The van der Waals surface area contributed by atoms with E-state index in [0.29, 0.717) is 13.2 Å². The molecule has 124 valence electrons. The molecule has 5 fully saturated rings. The summed E-state index contributed by atoms with van der Waals surface area (Å²) < 4.78 is 37.1. The summed E-state index contributed by atoms with van der Waals surface area (Å²) in [6.45, 7) is 1.21. The average molecular weight is 312 g/mol. The van der Waals surface area contributed by atoms with Crippen molar-refractivity contribution in [2.75, 3.05) is 27.4 Å². The van der Waals surface area contributed by atoms with Crippen LogP contribution in [-0.4, -0.2) is 50.6 Å². The molecule has 3 heterocycles. The smallest absolute Gasteiger partial charge is 0.315 e. The number of hydrogen-bond acceptors (Lipinski definition) is 6. The number of rotatable bonds is 2. The first-order valence-corrected chi connectivity index (χ1v) is 8.44. The second-order valence-corrected chi connectivity index (χ2v) is 7.30. The molecule has 6 heteroatoms. The third kappa shape index (κ3) is 1.28. The van der Waals surface area contributed by atoms with Crippen LogP contribution in [0.25, 0.3) is 0 Å². The summed E-state index contributed by atoms with van der Waals surface area (Å²) in [4.78, 5) is 0. The van der Waals surface area contributed by atoms with Crippen LogP contribution in [0.15, 0.2) is 0 Å². The molecule has 0 N–H and O–H groups in total. The molecular formula is C16H24O6. The van der Waals surface area contributed by atoms with Crippen LogP contribution < -0.4 is 0 Å². The monoisotopic (exact) mass is 312 g/mol. The molecule has 6 atom stereocenters. The Labute approximate surface area is 130 Å². The van der Waals surface area contributed by atoms with E-state index in [9.17, 15) is 0 Å². The lowest BCUT2D eigenvalue weighted by Gasteiger charge is -2.57. The Morgan fingerprint density at radius 2 is 1.23 bits per heavy atom. The summed E-state index contributed by atoms with van der Waals surface area (Å²) >= 11 is 0. The lowest BCUT2D eigenvalue weighted by molar-refractivity contribution is -0.566. The van der Waals surface area contributed by atoms with E-state index in [0.717, 1.165) is 38.5 Å². The highest BCUT2D eigenvalue weighted by molar-refractivity contribution is 5.16.